The lowest BCUT2D eigenvalue weighted by atomic mass is 10.1. The smallest absolute Gasteiger partial charge is 0.150 e. The zero-order valence-electron chi connectivity index (χ0n) is 9.10. The molecule has 2 rings (SSSR count). The van der Waals surface area contributed by atoms with E-state index in [1.54, 1.807) is 0 Å². The van der Waals surface area contributed by atoms with Gasteiger partial charge in [-0.15, -0.1) is 0 Å². The van der Waals surface area contributed by atoms with Gasteiger partial charge in [-0.05, 0) is 26.2 Å². The van der Waals surface area contributed by atoms with Crippen LogP contribution in [0.3, 0.4) is 0 Å². The van der Waals surface area contributed by atoms with Gasteiger partial charge in [0.2, 0.25) is 0 Å². The number of hydrogen-bond donors (Lipinski definition) is 0. The second-order valence-electron chi connectivity index (χ2n) is 4.33. The van der Waals surface area contributed by atoms with Crippen LogP contribution < -0.4 is 0 Å². The van der Waals surface area contributed by atoms with E-state index < -0.39 is 9.84 Å². The number of imidazole rings is 1. The summed E-state index contributed by atoms with van der Waals surface area (Å²) in [6, 6.07) is 0. The van der Waals surface area contributed by atoms with Crippen molar-refractivity contribution in [3.8, 4) is 0 Å². The predicted molar refractivity (Wildman–Crippen MR) is 58.5 cm³/mol. The molecule has 84 valence electrons. The van der Waals surface area contributed by atoms with Crippen molar-refractivity contribution in [3.05, 3.63) is 17.7 Å². The molecule has 1 atom stereocenters. The first kappa shape index (κ1) is 10.7. The van der Waals surface area contributed by atoms with E-state index >= 15 is 0 Å². The van der Waals surface area contributed by atoms with E-state index in [1.165, 1.54) is 0 Å². The first-order chi connectivity index (χ1) is 6.98. The molecule has 1 aliphatic rings. The maximum absolute atomic E-state index is 11.3. The summed E-state index contributed by atoms with van der Waals surface area (Å²) in [5.41, 5.74) is 1.11. The molecule has 1 aromatic heterocycles. The van der Waals surface area contributed by atoms with Crippen LogP contribution in [0.5, 0.6) is 0 Å². The number of aryl methyl sites for hydroxylation is 2. The normalized spacial score (nSPS) is 24.5. The lowest BCUT2D eigenvalue weighted by Crippen LogP contribution is -2.14. The molecule has 15 heavy (non-hydrogen) atoms. The standard InChI is InChI=1S/C10H16N2O2S/c1-8-5-11-9(2)12(8)6-10-3-4-15(13,14)7-10/h5,10H,3-4,6-7H2,1-2H3. The van der Waals surface area contributed by atoms with Gasteiger partial charge in [0.25, 0.3) is 0 Å². The molecule has 0 radical (unpaired) electrons. The number of aromatic nitrogens is 2. The maximum atomic E-state index is 11.3. The fourth-order valence-corrected chi connectivity index (χ4v) is 3.98. The summed E-state index contributed by atoms with van der Waals surface area (Å²) in [5.74, 6) is 1.92. The van der Waals surface area contributed by atoms with E-state index in [0.717, 1.165) is 24.5 Å². The van der Waals surface area contributed by atoms with Gasteiger partial charge in [0.1, 0.15) is 5.82 Å². The van der Waals surface area contributed by atoms with Gasteiger partial charge in [-0.2, -0.15) is 0 Å². The molecule has 0 aromatic carbocycles. The van der Waals surface area contributed by atoms with Gasteiger partial charge in [0, 0.05) is 18.4 Å². The molecule has 5 heteroatoms. The first-order valence-electron chi connectivity index (χ1n) is 5.17. The van der Waals surface area contributed by atoms with Gasteiger partial charge < -0.3 is 4.57 Å². The number of rotatable bonds is 2. The zero-order valence-corrected chi connectivity index (χ0v) is 9.92. The fourth-order valence-electron chi connectivity index (χ4n) is 2.13. The second-order valence-corrected chi connectivity index (χ2v) is 6.56. The first-order valence-corrected chi connectivity index (χ1v) is 6.99. The van der Waals surface area contributed by atoms with Crippen molar-refractivity contribution in [2.45, 2.75) is 26.8 Å². The molecular formula is C10H16N2O2S. The van der Waals surface area contributed by atoms with Crippen molar-refractivity contribution in [1.82, 2.24) is 9.55 Å². The van der Waals surface area contributed by atoms with Gasteiger partial charge in [0.15, 0.2) is 9.84 Å². The van der Waals surface area contributed by atoms with E-state index in [9.17, 15) is 8.42 Å². The SMILES string of the molecule is Cc1cnc(C)n1CC1CCS(=O)(=O)C1. The Balaban J connectivity index is 2.11. The van der Waals surface area contributed by atoms with E-state index in [1.807, 2.05) is 20.0 Å². The van der Waals surface area contributed by atoms with Crippen LogP contribution in [-0.4, -0.2) is 29.5 Å². The van der Waals surface area contributed by atoms with Crippen LogP contribution in [0.25, 0.3) is 0 Å². The lowest BCUT2D eigenvalue weighted by molar-refractivity contribution is 0.477. The van der Waals surface area contributed by atoms with E-state index in [0.29, 0.717) is 11.5 Å². The highest BCUT2D eigenvalue weighted by atomic mass is 32.2. The topological polar surface area (TPSA) is 52.0 Å². The molecule has 2 heterocycles. The van der Waals surface area contributed by atoms with Crippen LogP contribution in [0.15, 0.2) is 6.20 Å². The summed E-state index contributed by atoms with van der Waals surface area (Å²) in [6.07, 6.45) is 2.62. The van der Waals surface area contributed by atoms with Crippen molar-refractivity contribution in [2.24, 2.45) is 5.92 Å². The average molecular weight is 228 g/mol. The molecule has 4 nitrogen and oxygen atoms in total. The molecule has 1 saturated heterocycles. The highest BCUT2D eigenvalue weighted by Gasteiger charge is 2.28. The summed E-state index contributed by atoms with van der Waals surface area (Å²) >= 11 is 0. The molecule has 0 N–H and O–H groups in total. The summed E-state index contributed by atoms with van der Waals surface area (Å²) in [5, 5.41) is 0. The Morgan fingerprint density at radius 3 is 2.73 bits per heavy atom. The number of sulfone groups is 1. The Bertz CT molecular complexity index is 442. The molecule has 1 aromatic rings. The van der Waals surface area contributed by atoms with E-state index in [4.69, 9.17) is 0 Å². The molecule has 0 saturated carbocycles. The average Bonchev–Trinajstić information content (AvgIpc) is 2.63. The summed E-state index contributed by atoms with van der Waals surface area (Å²) in [7, 11) is -2.76. The Kier molecular flexibility index (Phi) is 2.58. The minimum absolute atomic E-state index is 0.265. The van der Waals surface area contributed by atoms with Gasteiger partial charge in [-0.3, -0.25) is 0 Å². The largest absolute Gasteiger partial charge is 0.332 e. The van der Waals surface area contributed by atoms with Gasteiger partial charge >= 0.3 is 0 Å². The van der Waals surface area contributed by atoms with Crippen LogP contribution in [0.1, 0.15) is 17.9 Å². The van der Waals surface area contributed by atoms with Gasteiger partial charge in [-0.25, -0.2) is 13.4 Å². The van der Waals surface area contributed by atoms with E-state index in [2.05, 4.69) is 9.55 Å². The Hall–Kier alpha value is -0.840. The Morgan fingerprint density at radius 1 is 1.53 bits per heavy atom. The predicted octanol–water partition coefficient (Wildman–Crippen LogP) is 0.935. The van der Waals surface area contributed by atoms with Crippen molar-refractivity contribution >= 4 is 9.84 Å². The van der Waals surface area contributed by atoms with Gasteiger partial charge in [-0.1, -0.05) is 0 Å². The molecule has 1 unspecified atom stereocenters. The van der Waals surface area contributed by atoms with Crippen LogP contribution in [0, 0.1) is 19.8 Å². The molecular weight excluding hydrogens is 212 g/mol. The molecule has 0 aliphatic carbocycles. The van der Waals surface area contributed by atoms with Crippen LogP contribution in [0.2, 0.25) is 0 Å². The third-order valence-corrected chi connectivity index (χ3v) is 4.86. The maximum Gasteiger partial charge on any atom is 0.150 e. The monoisotopic (exact) mass is 228 g/mol. The molecule has 1 fully saturated rings. The lowest BCUT2D eigenvalue weighted by Gasteiger charge is -2.12. The Morgan fingerprint density at radius 2 is 2.27 bits per heavy atom. The van der Waals surface area contributed by atoms with Crippen LogP contribution in [0.4, 0.5) is 0 Å². The third-order valence-electron chi connectivity index (χ3n) is 3.02. The minimum atomic E-state index is -2.76. The zero-order chi connectivity index (χ0) is 11.1. The fraction of sp³-hybridized carbons (Fsp3) is 0.700. The van der Waals surface area contributed by atoms with Crippen LogP contribution in [-0.2, 0) is 16.4 Å². The molecule has 0 bridgehead atoms. The summed E-state index contributed by atoms with van der Waals surface area (Å²) in [4.78, 5) is 4.21. The highest BCUT2D eigenvalue weighted by Crippen LogP contribution is 2.21. The quantitative estimate of drug-likeness (QED) is 0.757. The second kappa shape index (κ2) is 3.63. The summed E-state index contributed by atoms with van der Waals surface area (Å²) in [6.45, 7) is 4.75. The van der Waals surface area contributed by atoms with Crippen molar-refractivity contribution in [3.63, 3.8) is 0 Å². The van der Waals surface area contributed by atoms with E-state index in [-0.39, 0.29) is 5.92 Å². The number of nitrogens with zero attached hydrogens (tertiary/aromatic N) is 2. The Labute approximate surface area is 90.2 Å². The highest BCUT2D eigenvalue weighted by molar-refractivity contribution is 7.91. The van der Waals surface area contributed by atoms with Crippen molar-refractivity contribution in [1.29, 1.82) is 0 Å². The van der Waals surface area contributed by atoms with Gasteiger partial charge in [0.05, 0.1) is 11.5 Å². The van der Waals surface area contributed by atoms with Crippen molar-refractivity contribution in [2.75, 3.05) is 11.5 Å². The number of hydrogen-bond acceptors (Lipinski definition) is 3. The molecule has 0 spiro atoms. The van der Waals surface area contributed by atoms with Crippen LogP contribution >= 0.6 is 0 Å². The molecule has 0 amide bonds. The summed E-state index contributed by atoms with van der Waals surface area (Å²) < 4.78 is 24.7. The van der Waals surface area contributed by atoms with Crippen molar-refractivity contribution < 1.29 is 8.42 Å². The third kappa shape index (κ3) is 2.22. The molecule has 1 aliphatic heterocycles. The minimum Gasteiger partial charge on any atom is -0.332 e.